The number of nitrogens with two attached hydrogens (primary N) is 1. The number of amides is 1. The maximum Gasteiger partial charge on any atom is 0.271 e. The standard InChI is InChI=1S/C8H9N3O2/c1-13-11-7(8(9)12)6-2-4-10-5-3-6/h2-5H,1H3,(H2,9,12)/b11-7+. The van der Waals surface area contributed by atoms with E-state index in [-0.39, 0.29) is 5.71 Å². The highest BCUT2D eigenvalue weighted by Crippen LogP contribution is 1.99. The Hall–Kier alpha value is -1.91. The van der Waals surface area contributed by atoms with Gasteiger partial charge in [0.15, 0.2) is 5.71 Å². The van der Waals surface area contributed by atoms with Gasteiger partial charge in [0.2, 0.25) is 0 Å². The highest BCUT2D eigenvalue weighted by Gasteiger charge is 2.09. The van der Waals surface area contributed by atoms with Crippen molar-refractivity contribution in [3.8, 4) is 0 Å². The Kier molecular flexibility index (Phi) is 2.97. The second-order valence-electron chi connectivity index (χ2n) is 2.22. The van der Waals surface area contributed by atoms with Crippen LogP contribution < -0.4 is 5.73 Å². The normalized spacial score (nSPS) is 11.0. The first-order valence-corrected chi connectivity index (χ1v) is 3.57. The van der Waals surface area contributed by atoms with Crippen molar-refractivity contribution in [2.45, 2.75) is 0 Å². The minimum atomic E-state index is -0.631. The Bertz CT molecular complexity index is 321. The Morgan fingerprint density at radius 3 is 2.62 bits per heavy atom. The molecule has 0 aliphatic rings. The lowest BCUT2D eigenvalue weighted by Crippen LogP contribution is -2.24. The zero-order valence-corrected chi connectivity index (χ0v) is 7.10. The van der Waals surface area contributed by atoms with Gasteiger partial charge in [0, 0.05) is 18.0 Å². The maximum atomic E-state index is 10.9. The quantitative estimate of drug-likeness (QED) is 0.520. The molecule has 13 heavy (non-hydrogen) atoms. The van der Waals surface area contributed by atoms with Crippen molar-refractivity contribution in [2.75, 3.05) is 7.11 Å². The minimum Gasteiger partial charge on any atom is -0.398 e. The van der Waals surface area contributed by atoms with Crippen molar-refractivity contribution >= 4 is 11.6 Å². The lowest BCUT2D eigenvalue weighted by atomic mass is 10.1. The fourth-order valence-corrected chi connectivity index (χ4v) is 0.841. The molecule has 5 nitrogen and oxygen atoms in total. The maximum absolute atomic E-state index is 10.9. The first kappa shape index (κ1) is 9.18. The summed E-state index contributed by atoms with van der Waals surface area (Å²) in [5.41, 5.74) is 5.76. The lowest BCUT2D eigenvalue weighted by molar-refractivity contribution is -0.112. The molecule has 0 radical (unpaired) electrons. The van der Waals surface area contributed by atoms with E-state index in [1.807, 2.05) is 0 Å². The molecule has 1 aromatic heterocycles. The predicted octanol–water partition coefficient (Wildman–Crippen LogP) is -0.0826. The molecule has 5 heteroatoms. The molecular formula is C8H9N3O2. The van der Waals surface area contributed by atoms with Crippen molar-refractivity contribution in [1.82, 2.24) is 4.98 Å². The highest BCUT2D eigenvalue weighted by atomic mass is 16.6. The van der Waals surface area contributed by atoms with Crippen LogP contribution in [0.25, 0.3) is 0 Å². The molecule has 0 saturated heterocycles. The summed E-state index contributed by atoms with van der Waals surface area (Å²) < 4.78 is 0. The van der Waals surface area contributed by atoms with Crippen LogP contribution >= 0.6 is 0 Å². The molecule has 1 heterocycles. The second-order valence-corrected chi connectivity index (χ2v) is 2.22. The topological polar surface area (TPSA) is 77.6 Å². The Morgan fingerprint density at radius 2 is 2.15 bits per heavy atom. The predicted molar refractivity (Wildman–Crippen MR) is 47.0 cm³/mol. The molecule has 0 aliphatic carbocycles. The van der Waals surface area contributed by atoms with Crippen LogP contribution in [0.3, 0.4) is 0 Å². The van der Waals surface area contributed by atoms with Crippen molar-refractivity contribution in [3.05, 3.63) is 30.1 Å². The van der Waals surface area contributed by atoms with Crippen LogP contribution in [0.5, 0.6) is 0 Å². The molecule has 0 aromatic carbocycles. The third-order valence-electron chi connectivity index (χ3n) is 1.37. The summed E-state index contributed by atoms with van der Waals surface area (Å²) >= 11 is 0. The van der Waals surface area contributed by atoms with E-state index in [2.05, 4.69) is 15.0 Å². The number of aromatic nitrogens is 1. The number of oxime groups is 1. The van der Waals surface area contributed by atoms with Gasteiger partial charge in [-0.1, -0.05) is 5.16 Å². The summed E-state index contributed by atoms with van der Waals surface area (Å²) in [5.74, 6) is -0.631. The van der Waals surface area contributed by atoms with Gasteiger partial charge in [-0.3, -0.25) is 9.78 Å². The number of nitrogens with zero attached hydrogens (tertiary/aromatic N) is 2. The molecule has 1 aromatic rings. The van der Waals surface area contributed by atoms with Crippen molar-refractivity contribution in [1.29, 1.82) is 0 Å². The van der Waals surface area contributed by atoms with Gasteiger partial charge in [0.1, 0.15) is 7.11 Å². The van der Waals surface area contributed by atoms with E-state index in [1.54, 1.807) is 24.5 Å². The molecule has 0 bridgehead atoms. The van der Waals surface area contributed by atoms with Gasteiger partial charge in [-0.15, -0.1) is 0 Å². The summed E-state index contributed by atoms with van der Waals surface area (Å²) in [6.45, 7) is 0. The Labute approximate surface area is 75.2 Å². The smallest absolute Gasteiger partial charge is 0.271 e. The molecule has 2 N–H and O–H groups in total. The van der Waals surface area contributed by atoms with Crippen LogP contribution in [-0.2, 0) is 9.63 Å². The number of carbonyl (C=O) groups is 1. The lowest BCUT2D eigenvalue weighted by Gasteiger charge is -1.99. The Morgan fingerprint density at radius 1 is 1.54 bits per heavy atom. The molecule has 0 fully saturated rings. The summed E-state index contributed by atoms with van der Waals surface area (Å²) in [7, 11) is 1.35. The van der Waals surface area contributed by atoms with E-state index in [1.165, 1.54) is 7.11 Å². The van der Waals surface area contributed by atoms with Crippen LogP contribution in [-0.4, -0.2) is 23.7 Å². The largest absolute Gasteiger partial charge is 0.398 e. The number of rotatable bonds is 3. The van der Waals surface area contributed by atoms with Crippen LogP contribution in [0.4, 0.5) is 0 Å². The molecule has 0 spiro atoms. The van der Waals surface area contributed by atoms with Gasteiger partial charge >= 0.3 is 0 Å². The molecule has 0 aliphatic heterocycles. The molecule has 68 valence electrons. The zero-order chi connectivity index (χ0) is 9.68. The molecule has 0 saturated carbocycles. The average molecular weight is 179 g/mol. The number of hydrogen-bond donors (Lipinski definition) is 1. The Balaban J connectivity index is 3.03. The SMILES string of the molecule is CO/N=C(/C(N)=O)c1ccncc1. The van der Waals surface area contributed by atoms with E-state index in [0.717, 1.165) is 0 Å². The number of primary amides is 1. The zero-order valence-electron chi connectivity index (χ0n) is 7.10. The van der Waals surface area contributed by atoms with E-state index < -0.39 is 5.91 Å². The molecule has 0 atom stereocenters. The van der Waals surface area contributed by atoms with Crippen molar-refractivity contribution in [3.63, 3.8) is 0 Å². The van der Waals surface area contributed by atoms with Crippen molar-refractivity contribution in [2.24, 2.45) is 10.9 Å². The van der Waals surface area contributed by atoms with E-state index in [0.29, 0.717) is 5.56 Å². The summed E-state index contributed by atoms with van der Waals surface area (Å²) in [6, 6.07) is 3.26. The average Bonchev–Trinajstić information content (AvgIpc) is 2.15. The van der Waals surface area contributed by atoms with Crippen LogP contribution in [0.1, 0.15) is 5.56 Å². The van der Waals surface area contributed by atoms with Crippen LogP contribution in [0, 0.1) is 0 Å². The van der Waals surface area contributed by atoms with Crippen LogP contribution in [0.15, 0.2) is 29.7 Å². The minimum absolute atomic E-state index is 0.0879. The summed E-state index contributed by atoms with van der Waals surface area (Å²) in [5, 5.41) is 3.51. The van der Waals surface area contributed by atoms with Gasteiger partial charge in [-0.25, -0.2) is 0 Å². The van der Waals surface area contributed by atoms with Gasteiger partial charge < -0.3 is 10.6 Å². The summed E-state index contributed by atoms with van der Waals surface area (Å²) in [4.78, 5) is 19.2. The van der Waals surface area contributed by atoms with Crippen molar-refractivity contribution < 1.29 is 9.63 Å². The fraction of sp³-hybridized carbons (Fsp3) is 0.125. The number of pyridine rings is 1. The van der Waals surface area contributed by atoms with E-state index in [9.17, 15) is 4.79 Å². The first-order chi connectivity index (χ1) is 6.25. The van der Waals surface area contributed by atoms with Gasteiger partial charge in [-0.2, -0.15) is 0 Å². The molecular weight excluding hydrogens is 170 g/mol. The molecule has 1 rings (SSSR count). The first-order valence-electron chi connectivity index (χ1n) is 3.57. The summed E-state index contributed by atoms with van der Waals surface area (Å²) in [6.07, 6.45) is 3.09. The monoisotopic (exact) mass is 179 g/mol. The second kappa shape index (κ2) is 4.20. The highest BCUT2D eigenvalue weighted by molar-refractivity contribution is 6.44. The number of carbonyl (C=O) groups excluding carboxylic acids is 1. The molecule has 0 unspecified atom stereocenters. The molecule has 1 amide bonds. The van der Waals surface area contributed by atoms with E-state index >= 15 is 0 Å². The van der Waals surface area contributed by atoms with Crippen LogP contribution in [0.2, 0.25) is 0 Å². The van der Waals surface area contributed by atoms with E-state index in [4.69, 9.17) is 5.73 Å². The van der Waals surface area contributed by atoms with Gasteiger partial charge in [0.05, 0.1) is 0 Å². The van der Waals surface area contributed by atoms with Gasteiger partial charge in [0.25, 0.3) is 5.91 Å². The third-order valence-corrected chi connectivity index (χ3v) is 1.37. The fourth-order valence-electron chi connectivity index (χ4n) is 0.841. The number of hydrogen-bond acceptors (Lipinski definition) is 4. The third kappa shape index (κ3) is 2.26. The van der Waals surface area contributed by atoms with Gasteiger partial charge in [-0.05, 0) is 12.1 Å².